The van der Waals surface area contributed by atoms with E-state index in [-0.39, 0.29) is 22.9 Å². The van der Waals surface area contributed by atoms with Crippen molar-refractivity contribution in [1.82, 2.24) is 10.2 Å². The number of nitrogens with one attached hydrogen (secondary N) is 1. The van der Waals surface area contributed by atoms with Gasteiger partial charge in [0.1, 0.15) is 11.9 Å². The second kappa shape index (κ2) is 9.55. The zero-order valence-electron chi connectivity index (χ0n) is 17.1. The van der Waals surface area contributed by atoms with Crippen LogP contribution in [0.1, 0.15) is 31.1 Å². The SMILES string of the molecule is CCNC(=NCc1ccc(S(N)(=O)=O)cc1)N1CC(C)OC(c2ccc(F)cc2)C1. The number of benzene rings is 2. The Balaban J connectivity index is 1.76. The van der Waals surface area contributed by atoms with Gasteiger partial charge in [0.25, 0.3) is 0 Å². The summed E-state index contributed by atoms with van der Waals surface area (Å²) in [5.74, 6) is 0.470. The van der Waals surface area contributed by atoms with Crippen LogP contribution in [0.4, 0.5) is 4.39 Å². The van der Waals surface area contributed by atoms with Crippen molar-refractivity contribution in [1.29, 1.82) is 0 Å². The van der Waals surface area contributed by atoms with Crippen molar-refractivity contribution < 1.29 is 17.5 Å². The Morgan fingerprint density at radius 3 is 2.47 bits per heavy atom. The van der Waals surface area contributed by atoms with Gasteiger partial charge in [0.2, 0.25) is 10.0 Å². The van der Waals surface area contributed by atoms with E-state index in [0.29, 0.717) is 26.2 Å². The lowest BCUT2D eigenvalue weighted by Gasteiger charge is -2.38. The molecule has 162 valence electrons. The standard InChI is InChI=1S/C21H27FN4O3S/c1-3-24-21(25-12-16-4-10-19(11-5-16)30(23,27)28)26-13-15(2)29-20(14-26)17-6-8-18(22)9-7-17/h4-11,15,20H,3,12-14H2,1-2H3,(H,24,25)(H2,23,27,28). The third-order valence-electron chi connectivity index (χ3n) is 4.80. The highest BCUT2D eigenvalue weighted by molar-refractivity contribution is 7.89. The van der Waals surface area contributed by atoms with Crippen molar-refractivity contribution in [2.24, 2.45) is 10.1 Å². The summed E-state index contributed by atoms with van der Waals surface area (Å²) in [6.45, 7) is 6.35. The second-order valence-corrected chi connectivity index (χ2v) is 8.81. The Labute approximate surface area is 176 Å². The first-order chi connectivity index (χ1) is 14.3. The van der Waals surface area contributed by atoms with Crippen molar-refractivity contribution in [3.05, 3.63) is 65.5 Å². The first kappa shape index (κ1) is 22.2. The number of sulfonamides is 1. The van der Waals surface area contributed by atoms with Crippen LogP contribution in [0.15, 0.2) is 58.4 Å². The summed E-state index contributed by atoms with van der Waals surface area (Å²) in [6.07, 6.45) is -0.209. The number of nitrogens with two attached hydrogens (primary N) is 1. The quantitative estimate of drug-likeness (QED) is 0.556. The summed E-state index contributed by atoms with van der Waals surface area (Å²) >= 11 is 0. The molecule has 0 bridgehead atoms. The van der Waals surface area contributed by atoms with Crippen LogP contribution >= 0.6 is 0 Å². The van der Waals surface area contributed by atoms with Crippen LogP contribution in [0.3, 0.4) is 0 Å². The average Bonchev–Trinajstić information content (AvgIpc) is 2.71. The predicted molar refractivity (Wildman–Crippen MR) is 114 cm³/mol. The van der Waals surface area contributed by atoms with Gasteiger partial charge in [0.15, 0.2) is 5.96 Å². The topological polar surface area (TPSA) is 97.0 Å². The van der Waals surface area contributed by atoms with E-state index in [1.54, 1.807) is 24.3 Å². The lowest BCUT2D eigenvalue weighted by Crippen LogP contribution is -2.50. The zero-order valence-corrected chi connectivity index (χ0v) is 17.9. The minimum Gasteiger partial charge on any atom is -0.367 e. The molecular formula is C21H27FN4O3S. The summed E-state index contributed by atoms with van der Waals surface area (Å²) in [5.41, 5.74) is 1.79. The molecule has 30 heavy (non-hydrogen) atoms. The van der Waals surface area contributed by atoms with E-state index in [1.165, 1.54) is 24.3 Å². The summed E-state index contributed by atoms with van der Waals surface area (Å²) in [5, 5.41) is 8.45. The third kappa shape index (κ3) is 5.78. The van der Waals surface area contributed by atoms with E-state index >= 15 is 0 Å². The normalized spacial score (nSPS) is 20.3. The maximum atomic E-state index is 13.3. The number of halogens is 1. The van der Waals surface area contributed by atoms with E-state index in [0.717, 1.165) is 17.1 Å². The van der Waals surface area contributed by atoms with E-state index in [9.17, 15) is 12.8 Å². The Morgan fingerprint density at radius 1 is 1.20 bits per heavy atom. The van der Waals surface area contributed by atoms with Crippen LogP contribution < -0.4 is 10.5 Å². The number of guanidine groups is 1. The zero-order chi connectivity index (χ0) is 21.7. The minimum atomic E-state index is -3.71. The first-order valence-electron chi connectivity index (χ1n) is 9.82. The lowest BCUT2D eigenvalue weighted by atomic mass is 10.1. The average molecular weight is 435 g/mol. The van der Waals surface area contributed by atoms with Crippen LogP contribution in [-0.2, 0) is 21.3 Å². The molecule has 0 aliphatic carbocycles. The fourth-order valence-corrected chi connectivity index (χ4v) is 3.88. The minimum absolute atomic E-state index is 0.0216. The molecular weight excluding hydrogens is 407 g/mol. The van der Waals surface area contributed by atoms with Crippen molar-refractivity contribution in [2.45, 2.75) is 37.5 Å². The van der Waals surface area contributed by atoms with Crippen LogP contribution in [0.25, 0.3) is 0 Å². The van der Waals surface area contributed by atoms with E-state index in [4.69, 9.17) is 14.9 Å². The Bertz CT molecular complexity index is 978. The molecule has 0 amide bonds. The lowest BCUT2D eigenvalue weighted by molar-refractivity contribution is -0.0605. The number of hydrogen-bond acceptors (Lipinski definition) is 4. The highest BCUT2D eigenvalue weighted by Gasteiger charge is 2.28. The fourth-order valence-electron chi connectivity index (χ4n) is 3.36. The molecule has 1 aliphatic heterocycles. The number of rotatable bonds is 5. The molecule has 3 rings (SSSR count). The van der Waals surface area contributed by atoms with Gasteiger partial charge in [-0.2, -0.15) is 0 Å². The molecule has 3 N–H and O–H groups in total. The maximum absolute atomic E-state index is 13.3. The number of hydrogen-bond donors (Lipinski definition) is 2. The van der Waals surface area contributed by atoms with E-state index in [2.05, 4.69) is 10.2 Å². The molecule has 1 saturated heterocycles. The van der Waals surface area contributed by atoms with Crippen LogP contribution in [-0.4, -0.2) is 45.0 Å². The second-order valence-electron chi connectivity index (χ2n) is 7.25. The molecule has 0 aromatic heterocycles. The summed E-state index contributed by atoms with van der Waals surface area (Å²) in [6, 6.07) is 12.7. The smallest absolute Gasteiger partial charge is 0.238 e. The van der Waals surface area contributed by atoms with Gasteiger partial charge in [-0.1, -0.05) is 24.3 Å². The summed E-state index contributed by atoms with van der Waals surface area (Å²) in [7, 11) is -3.71. The molecule has 1 heterocycles. The van der Waals surface area contributed by atoms with Gasteiger partial charge in [0, 0.05) is 13.1 Å². The first-order valence-corrected chi connectivity index (χ1v) is 11.4. The van der Waals surface area contributed by atoms with Gasteiger partial charge in [-0.05, 0) is 49.2 Å². The van der Waals surface area contributed by atoms with Crippen molar-refractivity contribution in [3.63, 3.8) is 0 Å². The highest BCUT2D eigenvalue weighted by atomic mass is 32.2. The monoisotopic (exact) mass is 434 g/mol. The van der Waals surface area contributed by atoms with Crippen LogP contribution in [0.5, 0.6) is 0 Å². The Kier molecular flexibility index (Phi) is 7.06. The Hall–Kier alpha value is -2.49. The van der Waals surface area contributed by atoms with Crippen molar-refractivity contribution in [3.8, 4) is 0 Å². The molecule has 1 fully saturated rings. The summed E-state index contributed by atoms with van der Waals surface area (Å²) in [4.78, 5) is 6.92. The third-order valence-corrected chi connectivity index (χ3v) is 5.73. The molecule has 0 saturated carbocycles. The highest BCUT2D eigenvalue weighted by Crippen LogP contribution is 2.25. The summed E-state index contributed by atoms with van der Waals surface area (Å²) < 4.78 is 42.1. The molecule has 2 atom stereocenters. The molecule has 1 aliphatic rings. The van der Waals surface area contributed by atoms with E-state index in [1.807, 2.05) is 13.8 Å². The molecule has 7 nitrogen and oxygen atoms in total. The maximum Gasteiger partial charge on any atom is 0.238 e. The molecule has 2 unspecified atom stereocenters. The van der Waals surface area contributed by atoms with Crippen LogP contribution in [0, 0.1) is 5.82 Å². The molecule has 2 aromatic rings. The number of morpholine rings is 1. The van der Waals surface area contributed by atoms with Gasteiger partial charge >= 0.3 is 0 Å². The molecule has 0 radical (unpaired) electrons. The van der Waals surface area contributed by atoms with Gasteiger partial charge in [-0.3, -0.25) is 0 Å². The van der Waals surface area contributed by atoms with Crippen molar-refractivity contribution in [2.75, 3.05) is 19.6 Å². The Morgan fingerprint density at radius 2 is 1.87 bits per heavy atom. The number of primary sulfonamides is 1. The van der Waals surface area contributed by atoms with E-state index < -0.39 is 10.0 Å². The number of ether oxygens (including phenoxy) is 1. The fraction of sp³-hybridized carbons (Fsp3) is 0.381. The van der Waals surface area contributed by atoms with Crippen LogP contribution in [0.2, 0.25) is 0 Å². The van der Waals surface area contributed by atoms with Gasteiger partial charge in [0.05, 0.1) is 24.1 Å². The molecule has 0 spiro atoms. The molecule has 2 aromatic carbocycles. The largest absolute Gasteiger partial charge is 0.367 e. The van der Waals surface area contributed by atoms with Gasteiger partial charge in [-0.15, -0.1) is 0 Å². The van der Waals surface area contributed by atoms with Crippen molar-refractivity contribution >= 4 is 16.0 Å². The predicted octanol–water partition coefficient (Wildman–Crippen LogP) is 2.40. The molecule has 9 heteroatoms. The van der Waals surface area contributed by atoms with Gasteiger partial charge in [-0.25, -0.2) is 22.9 Å². The van der Waals surface area contributed by atoms with Gasteiger partial charge < -0.3 is 15.0 Å². The number of nitrogens with zero attached hydrogens (tertiary/aromatic N) is 2. The number of aliphatic imine (C=N–C) groups is 1.